The molecule has 3 heteroatoms. The maximum atomic E-state index is 5.45. The van der Waals surface area contributed by atoms with E-state index in [1.807, 2.05) is 19.1 Å². The molecule has 0 saturated heterocycles. The van der Waals surface area contributed by atoms with E-state index < -0.39 is 0 Å². The Morgan fingerprint density at radius 2 is 2.33 bits per heavy atom. The van der Waals surface area contributed by atoms with Gasteiger partial charge < -0.3 is 15.5 Å². The monoisotopic (exact) mass is 168 g/mol. The van der Waals surface area contributed by atoms with Crippen LogP contribution in [0.5, 0.6) is 0 Å². The van der Waals surface area contributed by atoms with E-state index in [-0.39, 0.29) is 0 Å². The van der Waals surface area contributed by atoms with Crippen molar-refractivity contribution in [2.45, 2.75) is 26.4 Å². The van der Waals surface area contributed by atoms with Gasteiger partial charge in [0.2, 0.25) is 0 Å². The molecule has 68 valence electrons. The van der Waals surface area contributed by atoms with Gasteiger partial charge in [-0.15, -0.1) is 0 Å². The zero-order valence-corrected chi connectivity index (χ0v) is 7.63. The molecule has 0 aliphatic rings. The average Bonchev–Trinajstić information content (AvgIpc) is 2.47. The number of furan rings is 1. The molecular formula is C9H16N2O. The van der Waals surface area contributed by atoms with Crippen LogP contribution < -0.4 is 11.1 Å². The predicted molar refractivity (Wildman–Crippen MR) is 48.8 cm³/mol. The van der Waals surface area contributed by atoms with Gasteiger partial charge in [-0.05, 0) is 26.0 Å². The van der Waals surface area contributed by atoms with Crippen LogP contribution in [0.3, 0.4) is 0 Å². The van der Waals surface area contributed by atoms with Crippen LogP contribution in [-0.4, -0.2) is 12.6 Å². The Bertz CT molecular complexity index is 232. The van der Waals surface area contributed by atoms with E-state index in [1.165, 1.54) is 0 Å². The number of hydrogen-bond donors (Lipinski definition) is 2. The zero-order chi connectivity index (χ0) is 8.97. The summed E-state index contributed by atoms with van der Waals surface area (Å²) in [6.45, 7) is 5.40. The van der Waals surface area contributed by atoms with Crippen molar-refractivity contribution in [2.24, 2.45) is 5.73 Å². The third kappa shape index (κ3) is 2.68. The fraction of sp³-hybridized carbons (Fsp3) is 0.556. The van der Waals surface area contributed by atoms with Gasteiger partial charge in [0, 0.05) is 12.6 Å². The maximum absolute atomic E-state index is 5.45. The lowest BCUT2D eigenvalue weighted by molar-refractivity contribution is 0.442. The highest BCUT2D eigenvalue weighted by Gasteiger charge is 2.00. The van der Waals surface area contributed by atoms with Crippen LogP contribution in [0.1, 0.15) is 18.4 Å². The third-order valence-electron chi connectivity index (χ3n) is 1.77. The first kappa shape index (κ1) is 9.29. The fourth-order valence-corrected chi connectivity index (χ4v) is 0.938. The van der Waals surface area contributed by atoms with Gasteiger partial charge in [-0.25, -0.2) is 0 Å². The first-order valence-corrected chi connectivity index (χ1v) is 4.21. The van der Waals surface area contributed by atoms with Crippen molar-refractivity contribution >= 4 is 0 Å². The molecule has 0 amide bonds. The highest BCUT2D eigenvalue weighted by molar-refractivity contribution is 5.05. The minimum Gasteiger partial charge on any atom is -0.465 e. The summed E-state index contributed by atoms with van der Waals surface area (Å²) in [5.41, 5.74) is 5.45. The Balaban J connectivity index is 2.33. The molecule has 0 aliphatic carbocycles. The van der Waals surface area contributed by atoms with Gasteiger partial charge in [0.1, 0.15) is 11.5 Å². The van der Waals surface area contributed by atoms with Crippen molar-refractivity contribution in [3.8, 4) is 0 Å². The van der Waals surface area contributed by atoms with Crippen LogP contribution in [0, 0.1) is 6.92 Å². The van der Waals surface area contributed by atoms with Gasteiger partial charge in [0.25, 0.3) is 0 Å². The molecule has 1 aromatic heterocycles. The minimum atomic E-state index is 0.343. The van der Waals surface area contributed by atoms with E-state index in [0.29, 0.717) is 12.6 Å². The maximum Gasteiger partial charge on any atom is 0.117 e. The van der Waals surface area contributed by atoms with Crippen molar-refractivity contribution < 1.29 is 4.42 Å². The largest absolute Gasteiger partial charge is 0.465 e. The Morgan fingerprint density at radius 1 is 1.58 bits per heavy atom. The van der Waals surface area contributed by atoms with Crippen molar-refractivity contribution in [2.75, 3.05) is 6.54 Å². The molecule has 1 aromatic rings. The van der Waals surface area contributed by atoms with Crippen LogP contribution in [0.25, 0.3) is 0 Å². The summed E-state index contributed by atoms with van der Waals surface area (Å²) in [5, 5.41) is 3.24. The lowest BCUT2D eigenvalue weighted by atomic mass is 10.3. The molecule has 0 spiro atoms. The molecule has 3 N–H and O–H groups in total. The van der Waals surface area contributed by atoms with Crippen LogP contribution in [0.2, 0.25) is 0 Å². The highest BCUT2D eigenvalue weighted by atomic mass is 16.3. The molecule has 0 radical (unpaired) electrons. The molecule has 0 aromatic carbocycles. The van der Waals surface area contributed by atoms with Crippen LogP contribution in [0.4, 0.5) is 0 Å². The van der Waals surface area contributed by atoms with Crippen LogP contribution in [0.15, 0.2) is 16.5 Å². The van der Waals surface area contributed by atoms with Crippen molar-refractivity contribution in [3.63, 3.8) is 0 Å². The summed E-state index contributed by atoms with van der Waals surface area (Å²) in [5.74, 6) is 1.92. The van der Waals surface area contributed by atoms with Crippen molar-refractivity contribution in [3.05, 3.63) is 23.7 Å². The third-order valence-corrected chi connectivity index (χ3v) is 1.77. The van der Waals surface area contributed by atoms with Gasteiger partial charge in [-0.2, -0.15) is 0 Å². The van der Waals surface area contributed by atoms with E-state index >= 15 is 0 Å². The van der Waals surface area contributed by atoms with Crippen molar-refractivity contribution in [1.82, 2.24) is 5.32 Å². The van der Waals surface area contributed by atoms with Crippen molar-refractivity contribution in [1.29, 1.82) is 0 Å². The molecule has 1 heterocycles. The van der Waals surface area contributed by atoms with Gasteiger partial charge in [-0.1, -0.05) is 0 Å². The summed E-state index contributed by atoms with van der Waals surface area (Å²) in [6.07, 6.45) is 0. The summed E-state index contributed by atoms with van der Waals surface area (Å²) in [4.78, 5) is 0. The van der Waals surface area contributed by atoms with E-state index in [2.05, 4.69) is 12.2 Å². The summed E-state index contributed by atoms with van der Waals surface area (Å²) in [6, 6.07) is 4.28. The minimum absolute atomic E-state index is 0.343. The number of aryl methyl sites for hydroxylation is 1. The molecule has 1 rings (SSSR count). The molecule has 3 nitrogen and oxygen atoms in total. The van der Waals surface area contributed by atoms with Gasteiger partial charge in [-0.3, -0.25) is 0 Å². The standard InChI is InChI=1S/C9H16N2O/c1-7(5-10)11-6-9-4-3-8(2)12-9/h3-4,7,11H,5-6,10H2,1-2H3. The Kier molecular flexibility index (Phi) is 3.31. The van der Waals surface area contributed by atoms with Crippen LogP contribution >= 0.6 is 0 Å². The molecule has 0 fully saturated rings. The summed E-state index contributed by atoms with van der Waals surface area (Å²) >= 11 is 0. The smallest absolute Gasteiger partial charge is 0.117 e. The van der Waals surface area contributed by atoms with E-state index in [4.69, 9.17) is 10.2 Å². The summed E-state index contributed by atoms with van der Waals surface area (Å²) < 4.78 is 5.38. The zero-order valence-electron chi connectivity index (χ0n) is 7.63. The second kappa shape index (κ2) is 4.28. The quantitative estimate of drug-likeness (QED) is 0.706. The molecule has 0 aliphatic heterocycles. The number of nitrogens with two attached hydrogens (primary N) is 1. The van der Waals surface area contributed by atoms with Gasteiger partial charge in [0.15, 0.2) is 0 Å². The molecule has 0 saturated carbocycles. The van der Waals surface area contributed by atoms with E-state index in [0.717, 1.165) is 18.1 Å². The Morgan fingerprint density at radius 3 is 2.83 bits per heavy atom. The van der Waals surface area contributed by atoms with Gasteiger partial charge >= 0.3 is 0 Å². The predicted octanol–water partition coefficient (Wildman–Crippen LogP) is 1.02. The number of nitrogens with one attached hydrogen (secondary N) is 1. The average molecular weight is 168 g/mol. The molecule has 12 heavy (non-hydrogen) atoms. The van der Waals surface area contributed by atoms with E-state index in [1.54, 1.807) is 0 Å². The number of rotatable bonds is 4. The van der Waals surface area contributed by atoms with Gasteiger partial charge in [0.05, 0.1) is 6.54 Å². The summed E-state index contributed by atoms with van der Waals surface area (Å²) in [7, 11) is 0. The Labute approximate surface area is 72.9 Å². The second-order valence-corrected chi connectivity index (χ2v) is 3.03. The SMILES string of the molecule is Cc1ccc(CNC(C)CN)o1. The molecular weight excluding hydrogens is 152 g/mol. The van der Waals surface area contributed by atoms with Crippen LogP contribution in [-0.2, 0) is 6.54 Å². The first-order chi connectivity index (χ1) is 5.72. The lowest BCUT2D eigenvalue weighted by Crippen LogP contribution is -2.32. The Hall–Kier alpha value is -0.800. The number of hydrogen-bond acceptors (Lipinski definition) is 3. The lowest BCUT2D eigenvalue weighted by Gasteiger charge is -2.08. The molecule has 1 unspecified atom stereocenters. The van der Waals surface area contributed by atoms with E-state index in [9.17, 15) is 0 Å². The second-order valence-electron chi connectivity index (χ2n) is 3.03. The first-order valence-electron chi connectivity index (χ1n) is 4.21. The topological polar surface area (TPSA) is 51.2 Å². The molecule has 0 bridgehead atoms. The highest BCUT2D eigenvalue weighted by Crippen LogP contribution is 2.05. The molecule has 1 atom stereocenters. The normalized spacial score (nSPS) is 13.2. The fourth-order valence-electron chi connectivity index (χ4n) is 0.938.